The first-order chi connectivity index (χ1) is 8.84. The Bertz CT molecular complexity index is 638. The van der Waals surface area contributed by atoms with E-state index >= 15 is 0 Å². The number of benzene rings is 2. The van der Waals surface area contributed by atoms with Crippen molar-refractivity contribution in [3.8, 4) is 0 Å². The summed E-state index contributed by atoms with van der Waals surface area (Å²) in [5.41, 5.74) is 2.23. The van der Waals surface area contributed by atoms with Crippen molar-refractivity contribution < 1.29 is 0 Å². The van der Waals surface area contributed by atoms with Crippen LogP contribution in [0.4, 0.5) is 5.69 Å². The van der Waals surface area contributed by atoms with E-state index < -0.39 is 0 Å². The zero-order chi connectivity index (χ0) is 12.4. The highest BCUT2D eigenvalue weighted by molar-refractivity contribution is 5.93. The third-order valence-electron chi connectivity index (χ3n) is 3.15. The van der Waals surface area contributed by atoms with Gasteiger partial charge in [0, 0.05) is 17.3 Å². The number of hydrogen-bond acceptors (Lipinski definition) is 2. The molecule has 0 saturated heterocycles. The molecule has 0 spiro atoms. The fourth-order valence-corrected chi connectivity index (χ4v) is 2.17. The maximum atomic E-state index is 3.98. The molecule has 90 valence electrons. The number of fused-ring (bicyclic) bond motifs is 1. The van der Waals surface area contributed by atoms with Crippen LogP contribution < -0.4 is 5.32 Å². The second-order valence-electron chi connectivity index (χ2n) is 4.40. The fourth-order valence-electron chi connectivity index (χ4n) is 2.17. The monoisotopic (exact) mass is 237 g/mol. The van der Waals surface area contributed by atoms with Crippen LogP contribution in [0.1, 0.15) is 18.7 Å². The largest absolute Gasteiger partial charge is 0.376 e. The topological polar surface area (TPSA) is 40.7 Å². The molecule has 3 rings (SSSR count). The van der Waals surface area contributed by atoms with Crippen molar-refractivity contribution in [2.24, 2.45) is 0 Å². The Hall–Kier alpha value is -2.29. The van der Waals surface area contributed by atoms with Crippen LogP contribution in [-0.2, 0) is 0 Å². The summed E-state index contributed by atoms with van der Waals surface area (Å²) in [4.78, 5) is 0. The Kier molecular flexibility index (Phi) is 2.73. The molecule has 0 aliphatic heterocycles. The first-order valence-corrected chi connectivity index (χ1v) is 6.08. The number of nitrogens with one attached hydrogen (secondary N) is 2. The molecular weight excluding hydrogens is 222 g/mol. The standard InChI is InChI=1S/C15H15N3/c1-11(14-9-10-16-18-14)17-15-8-4-6-12-5-2-3-7-13(12)15/h2-11,17H,1H3,(H,16,18). The number of anilines is 1. The van der Waals surface area contributed by atoms with Gasteiger partial charge < -0.3 is 5.32 Å². The Labute approximate surface area is 106 Å². The van der Waals surface area contributed by atoms with E-state index in [1.165, 1.54) is 10.8 Å². The molecule has 0 bridgehead atoms. The van der Waals surface area contributed by atoms with Gasteiger partial charge in [-0.05, 0) is 24.4 Å². The summed E-state index contributed by atoms with van der Waals surface area (Å²) in [6.07, 6.45) is 1.77. The lowest BCUT2D eigenvalue weighted by atomic mass is 10.1. The predicted molar refractivity (Wildman–Crippen MR) is 74.6 cm³/mol. The van der Waals surface area contributed by atoms with E-state index in [2.05, 4.69) is 64.9 Å². The number of aromatic nitrogens is 2. The maximum Gasteiger partial charge on any atom is 0.0651 e. The van der Waals surface area contributed by atoms with Crippen molar-refractivity contribution in [3.63, 3.8) is 0 Å². The molecular formula is C15H15N3. The van der Waals surface area contributed by atoms with Gasteiger partial charge in [-0.2, -0.15) is 5.10 Å². The van der Waals surface area contributed by atoms with Crippen LogP contribution in [0.3, 0.4) is 0 Å². The van der Waals surface area contributed by atoms with E-state index in [1.807, 2.05) is 6.07 Å². The predicted octanol–water partition coefficient (Wildman–Crippen LogP) is 3.74. The van der Waals surface area contributed by atoms with Gasteiger partial charge in [-0.15, -0.1) is 0 Å². The Morgan fingerprint density at radius 3 is 2.72 bits per heavy atom. The van der Waals surface area contributed by atoms with Crippen LogP contribution in [0.5, 0.6) is 0 Å². The van der Waals surface area contributed by atoms with Crippen molar-refractivity contribution in [1.29, 1.82) is 0 Å². The number of rotatable bonds is 3. The quantitative estimate of drug-likeness (QED) is 0.728. The molecule has 3 aromatic rings. The van der Waals surface area contributed by atoms with Gasteiger partial charge in [-0.1, -0.05) is 36.4 Å². The minimum Gasteiger partial charge on any atom is -0.376 e. The molecule has 0 radical (unpaired) electrons. The molecule has 18 heavy (non-hydrogen) atoms. The Morgan fingerprint density at radius 2 is 1.89 bits per heavy atom. The molecule has 0 aliphatic carbocycles. The molecule has 2 aromatic carbocycles. The number of aromatic amines is 1. The van der Waals surface area contributed by atoms with E-state index in [9.17, 15) is 0 Å². The van der Waals surface area contributed by atoms with Gasteiger partial charge in [0.25, 0.3) is 0 Å². The molecule has 3 heteroatoms. The van der Waals surface area contributed by atoms with Crippen LogP contribution in [0.25, 0.3) is 10.8 Å². The Morgan fingerprint density at radius 1 is 1.06 bits per heavy atom. The molecule has 1 atom stereocenters. The fraction of sp³-hybridized carbons (Fsp3) is 0.133. The van der Waals surface area contributed by atoms with Gasteiger partial charge in [0.05, 0.1) is 11.7 Å². The van der Waals surface area contributed by atoms with Crippen LogP contribution in [0.2, 0.25) is 0 Å². The van der Waals surface area contributed by atoms with E-state index in [1.54, 1.807) is 6.20 Å². The lowest BCUT2D eigenvalue weighted by Crippen LogP contribution is -2.07. The van der Waals surface area contributed by atoms with Crippen LogP contribution in [0, 0.1) is 0 Å². The van der Waals surface area contributed by atoms with Crippen molar-refractivity contribution >= 4 is 16.5 Å². The van der Waals surface area contributed by atoms with Crippen LogP contribution in [-0.4, -0.2) is 10.2 Å². The van der Waals surface area contributed by atoms with Gasteiger partial charge >= 0.3 is 0 Å². The molecule has 1 unspecified atom stereocenters. The summed E-state index contributed by atoms with van der Waals surface area (Å²) in [5.74, 6) is 0. The third kappa shape index (κ3) is 1.95. The van der Waals surface area contributed by atoms with Crippen LogP contribution in [0.15, 0.2) is 54.7 Å². The van der Waals surface area contributed by atoms with Gasteiger partial charge in [-0.25, -0.2) is 0 Å². The average Bonchev–Trinajstić information content (AvgIpc) is 2.93. The summed E-state index contributed by atoms with van der Waals surface area (Å²) < 4.78 is 0. The molecule has 2 N–H and O–H groups in total. The maximum absolute atomic E-state index is 3.98. The highest BCUT2D eigenvalue weighted by atomic mass is 15.1. The molecule has 0 saturated carbocycles. The first kappa shape index (κ1) is 10.8. The highest BCUT2D eigenvalue weighted by Crippen LogP contribution is 2.26. The average molecular weight is 237 g/mol. The number of nitrogens with zero attached hydrogens (tertiary/aromatic N) is 1. The number of H-pyrrole nitrogens is 1. The van der Waals surface area contributed by atoms with Crippen molar-refractivity contribution in [1.82, 2.24) is 10.2 Å². The van der Waals surface area contributed by atoms with Gasteiger partial charge in [0.2, 0.25) is 0 Å². The molecule has 1 aromatic heterocycles. The smallest absolute Gasteiger partial charge is 0.0651 e. The van der Waals surface area contributed by atoms with Gasteiger partial charge in [0.1, 0.15) is 0 Å². The molecule has 0 aliphatic rings. The molecule has 3 nitrogen and oxygen atoms in total. The van der Waals surface area contributed by atoms with E-state index in [0.717, 1.165) is 11.4 Å². The molecule has 0 amide bonds. The normalized spacial score (nSPS) is 12.5. The van der Waals surface area contributed by atoms with Crippen molar-refractivity contribution in [2.75, 3.05) is 5.32 Å². The number of hydrogen-bond donors (Lipinski definition) is 2. The highest BCUT2D eigenvalue weighted by Gasteiger charge is 2.07. The lowest BCUT2D eigenvalue weighted by molar-refractivity contribution is 0.827. The lowest BCUT2D eigenvalue weighted by Gasteiger charge is -2.15. The van der Waals surface area contributed by atoms with E-state index in [-0.39, 0.29) is 6.04 Å². The summed E-state index contributed by atoms with van der Waals surface area (Å²) in [6.45, 7) is 2.12. The second-order valence-corrected chi connectivity index (χ2v) is 4.40. The molecule has 1 heterocycles. The van der Waals surface area contributed by atoms with Gasteiger partial charge in [0.15, 0.2) is 0 Å². The van der Waals surface area contributed by atoms with Crippen molar-refractivity contribution in [3.05, 3.63) is 60.4 Å². The zero-order valence-corrected chi connectivity index (χ0v) is 10.2. The van der Waals surface area contributed by atoms with E-state index in [4.69, 9.17) is 0 Å². The second kappa shape index (κ2) is 4.53. The third-order valence-corrected chi connectivity index (χ3v) is 3.15. The minimum absolute atomic E-state index is 0.207. The molecule has 0 fully saturated rings. The summed E-state index contributed by atoms with van der Waals surface area (Å²) in [6, 6.07) is 16.9. The van der Waals surface area contributed by atoms with E-state index in [0.29, 0.717) is 0 Å². The van der Waals surface area contributed by atoms with Crippen LogP contribution >= 0.6 is 0 Å². The summed E-state index contributed by atoms with van der Waals surface area (Å²) in [7, 11) is 0. The Balaban J connectivity index is 1.95. The zero-order valence-electron chi connectivity index (χ0n) is 10.2. The minimum atomic E-state index is 0.207. The van der Waals surface area contributed by atoms with Crippen molar-refractivity contribution in [2.45, 2.75) is 13.0 Å². The first-order valence-electron chi connectivity index (χ1n) is 6.08. The SMILES string of the molecule is CC(Nc1cccc2ccccc12)c1ccn[nH]1. The summed E-state index contributed by atoms with van der Waals surface area (Å²) in [5, 5.41) is 13.0. The van der Waals surface area contributed by atoms with Gasteiger partial charge in [-0.3, -0.25) is 5.10 Å². The summed E-state index contributed by atoms with van der Waals surface area (Å²) >= 11 is 0.